The highest BCUT2D eigenvalue weighted by atomic mass is 32.2. The molecule has 21 heavy (non-hydrogen) atoms. The molecule has 0 bridgehead atoms. The summed E-state index contributed by atoms with van der Waals surface area (Å²) >= 11 is 0. The number of rotatable bonds is 4. The Balaban J connectivity index is 2.08. The maximum absolute atomic E-state index is 12.9. The number of nitrogens with two attached hydrogens (primary N) is 1. The maximum atomic E-state index is 12.9. The van der Waals surface area contributed by atoms with Gasteiger partial charge in [-0.25, -0.2) is 17.5 Å². The number of sulfonamides is 1. The standard InChI is InChI=1S/C15H23FN2O2S/c1-14(2)11(8-9-15(14,3)17)10-18-21(19,20)13-6-4-12(16)5-7-13/h4-7,11,18H,8-10,17H2,1-3H3/t11-,15-/m1/s1. The fourth-order valence-electron chi connectivity index (χ4n) is 2.89. The molecule has 6 heteroatoms. The first-order valence-electron chi connectivity index (χ1n) is 7.10. The van der Waals surface area contributed by atoms with Gasteiger partial charge < -0.3 is 5.73 Å². The summed E-state index contributed by atoms with van der Waals surface area (Å²) < 4.78 is 39.9. The number of benzene rings is 1. The lowest BCUT2D eigenvalue weighted by atomic mass is 9.72. The topological polar surface area (TPSA) is 72.2 Å². The third kappa shape index (κ3) is 3.12. The smallest absolute Gasteiger partial charge is 0.240 e. The molecule has 1 fully saturated rings. The van der Waals surface area contributed by atoms with Crippen molar-refractivity contribution in [3.05, 3.63) is 30.1 Å². The van der Waals surface area contributed by atoms with Gasteiger partial charge in [0, 0.05) is 12.1 Å². The molecule has 2 atom stereocenters. The van der Waals surface area contributed by atoms with E-state index in [0.29, 0.717) is 6.54 Å². The zero-order valence-corrected chi connectivity index (χ0v) is 13.5. The van der Waals surface area contributed by atoms with E-state index in [4.69, 9.17) is 5.73 Å². The molecule has 0 unspecified atom stereocenters. The highest BCUT2D eigenvalue weighted by molar-refractivity contribution is 7.89. The Labute approximate surface area is 126 Å². The molecule has 0 radical (unpaired) electrons. The highest BCUT2D eigenvalue weighted by Crippen LogP contribution is 2.48. The Morgan fingerprint density at radius 2 is 1.86 bits per heavy atom. The zero-order valence-electron chi connectivity index (χ0n) is 12.7. The van der Waals surface area contributed by atoms with Gasteiger partial charge in [0.1, 0.15) is 5.82 Å². The molecule has 1 aromatic carbocycles. The number of hydrogen-bond donors (Lipinski definition) is 2. The van der Waals surface area contributed by atoms with Crippen LogP contribution in [0.5, 0.6) is 0 Å². The summed E-state index contributed by atoms with van der Waals surface area (Å²) in [7, 11) is -3.61. The largest absolute Gasteiger partial charge is 0.325 e. The first-order valence-corrected chi connectivity index (χ1v) is 8.59. The van der Waals surface area contributed by atoms with E-state index >= 15 is 0 Å². The average molecular weight is 314 g/mol. The molecule has 0 heterocycles. The van der Waals surface area contributed by atoms with E-state index in [-0.39, 0.29) is 21.8 Å². The van der Waals surface area contributed by atoms with Crippen molar-refractivity contribution in [2.75, 3.05) is 6.54 Å². The molecule has 0 saturated heterocycles. The minimum absolute atomic E-state index is 0.0789. The maximum Gasteiger partial charge on any atom is 0.240 e. The van der Waals surface area contributed by atoms with Crippen LogP contribution in [0.3, 0.4) is 0 Å². The van der Waals surface area contributed by atoms with Crippen molar-refractivity contribution in [3.8, 4) is 0 Å². The van der Waals surface area contributed by atoms with Gasteiger partial charge in [-0.3, -0.25) is 0 Å². The van der Waals surface area contributed by atoms with Crippen LogP contribution >= 0.6 is 0 Å². The minimum Gasteiger partial charge on any atom is -0.325 e. The predicted molar refractivity (Wildman–Crippen MR) is 80.7 cm³/mol. The van der Waals surface area contributed by atoms with Crippen molar-refractivity contribution < 1.29 is 12.8 Å². The molecule has 1 aliphatic carbocycles. The molecular weight excluding hydrogens is 291 g/mol. The Bertz CT molecular complexity index is 609. The van der Waals surface area contributed by atoms with Crippen LogP contribution in [0.15, 0.2) is 29.2 Å². The predicted octanol–water partition coefficient (Wildman–Crippen LogP) is 2.26. The van der Waals surface area contributed by atoms with Crippen molar-refractivity contribution in [2.24, 2.45) is 17.1 Å². The fourth-order valence-corrected chi connectivity index (χ4v) is 3.97. The number of halogens is 1. The summed E-state index contributed by atoms with van der Waals surface area (Å²) in [6.45, 7) is 6.52. The molecule has 0 spiro atoms. The van der Waals surface area contributed by atoms with Gasteiger partial charge in [-0.15, -0.1) is 0 Å². The average Bonchev–Trinajstić information content (AvgIpc) is 2.58. The molecular formula is C15H23FN2O2S. The normalized spacial score (nSPS) is 28.7. The van der Waals surface area contributed by atoms with E-state index in [2.05, 4.69) is 18.6 Å². The third-order valence-corrected chi connectivity index (χ3v) is 6.59. The van der Waals surface area contributed by atoms with E-state index < -0.39 is 15.8 Å². The molecule has 4 nitrogen and oxygen atoms in total. The lowest BCUT2D eigenvalue weighted by molar-refractivity contribution is 0.166. The van der Waals surface area contributed by atoms with Crippen molar-refractivity contribution in [1.82, 2.24) is 4.72 Å². The monoisotopic (exact) mass is 314 g/mol. The highest BCUT2D eigenvalue weighted by Gasteiger charge is 2.49. The molecule has 0 amide bonds. The van der Waals surface area contributed by atoms with Crippen molar-refractivity contribution in [3.63, 3.8) is 0 Å². The Kier molecular flexibility index (Phi) is 4.17. The van der Waals surface area contributed by atoms with Gasteiger partial charge in [0.25, 0.3) is 0 Å². The van der Waals surface area contributed by atoms with Crippen molar-refractivity contribution in [2.45, 2.75) is 44.0 Å². The first-order chi connectivity index (χ1) is 9.56. The van der Waals surface area contributed by atoms with E-state index in [1.807, 2.05) is 6.92 Å². The molecule has 1 aromatic rings. The molecule has 1 saturated carbocycles. The summed E-state index contributed by atoms with van der Waals surface area (Å²) in [5.41, 5.74) is 5.86. The van der Waals surface area contributed by atoms with Crippen molar-refractivity contribution >= 4 is 10.0 Å². The van der Waals surface area contributed by atoms with Gasteiger partial charge in [0.2, 0.25) is 10.0 Å². The summed E-state index contributed by atoms with van der Waals surface area (Å²) in [6, 6.07) is 4.82. The Morgan fingerprint density at radius 3 is 2.33 bits per heavy atom. The fraction of sp³-hybridized carbons (Fsp3) is 0.600. The van der Waals surface area contributed by atoms with Crippen LogP contribution < -0.4 is 10.5 Å². The lowest BCUT2D eigenvalue weighted by Crippen LogP contribution is -2.49. The second-order valence-electron chi connectivity index (χ2n) is 6.68. The van der Waals surface area contributed by atoms with Gasteiger partial charge >= 0.3 is 0 Å². The van der Waals surface area contributed by atoms with Crippen LogP contribution in [-0.4, -0.2) is 20.5 Å². The van der Waals surface area contributed by atoms with Gasteiger partial charge in [-0.1, -0.05) is 13.8 Å². The Morgan fingerprint density at radius 1 is 1.29 bits per heavy atom. The van der Waals surface area contributed by atoms with Crippen LogP contribution in [-0.2, 0) is 10.0 Å². The molecule has 0 aromatic heterocycles. The molecule has 1 aliphatic rings. The second kappa shape index (κ2) is 5.34. The van der Waals surface area contributed by atoms with E-state index in [9.17, 15) is 12.8 Å². The molecule has 3 N–H and O–H groups in total. The third-order valence-electron chi connectivity index (χ3n) is 5.15. The van der Waals surface area contributed by atoms with E-state index in [1.165, 1.54) is 12.1 Å². The summed E-state index contributed by atoms with van der Waals surface area (Å²) in [6.07, 6.45) is 1.77. The number of hydrogen-bond acceptors (Lipinski definition) is 3. The van der Waals surface area contributed by atoms with Crippen LogP contribution in [0.1, 0.15) is 33.6 Å². The summed E-state index contributed by atoms with van der Waals surface area (Å²) in [4.78, 5) is 0.0789. The Hall–Kier alpha value is -0.980. The van der Waals surface area contributed by atoms with Gasteiger partial charge in [-0.2, -0.15) is 0 Å². The molecule has 118 valence electrons. The lowest BCUT2D eigenvalue weighted by Gasteiger charge is -2.39. The second-order valence-corrected chi connectivity index (χ2v) is 8.45. The molecule has 2 rings (SSSR count). The minimum atomic E-state index is -3.61. The first kappa shape index (κ1) is 16.4. The molecule has 0 aliphatic heterocycles. The zero-order chi connectivity index (χ0) is 15.9. The van der Waals surface area contributed by atoms with Crippen LogP contribution in [0, 0.1) is 17.2 Å². The van der Waals surface area contributed by atoms with Crippen LogP contribution in [0.2, 0.25) is 0 Å². The van der Waals surface area contributed by atoms with Gasteiger partial charge in [0.15, 0.2) is 0 Å². The van der Waals surface area contributed by atoms with E-state index in [0.717, 1.165) is 25.0 Å². The van der Waals surface area contributed by atoms with Gasteiger partial charge in [0.05, 0.1) is 4.90 Å². The summed E-state index contributed by atoms with van der Waals surface area (Å²) in [5, 5.41) is 0. The van der Waals surface area contributed by atoms with Crippen LogP contribution in [0.25, 0.3) is 0 Å². The van der Waals surface area contributed by atoms with E-state index in [1.54, 1.807) is 0 Å². The number of nitrogens with one attached hydrogen (secondary N) is 1. The SMILES string of the molecule is CC1(C)[C@@H](CNS(=O)(=O)c2ccc(F)cc2)CC[C@@]1(C)N. The quantitative estimate of drug-likeness (QED) is 0.895. The summed E-state index contributed by atoms with van der Waals surface area (Å²) in [5.74, 6) is -0.271. The van der Waals surface area contributed by atoms with Crippen molar-refractivity contribution in [1.29, 1.82) is 0 Å². The van der Waals surface area contributed by atoms with Crippen LogP contribution in [0.4, 0.5) is 4.39 Å². The van der Waals surface area contributed by atoms with Gasteiger partial charge in [-0.05, 0) is 55.4 Å².